The summed E-state index contributed by atoms with van der Waals surface area (Å²) >= 11 is 0. The van der Waals surface area contributed by atoms with E-state index in [4.69, 9.17) is 4.74 Å². The van der Waals surface area contributed by atoms with E-state index in [0.717, 1.165) is 48.6 Å². The number of fused-ring (bicyclic) bond motifs is 1. The van der Waals surface area contributed by atoms with Crippen molar-refractivity contribution in [3.05, 3.63) is 36.9 Å². The second-order valence-electron chi connectivity index (χ2n) is 8.28. The van der Waals surface area contributed by atoms with E-state index in [2.05, 4.69) is 50.5 Å². The standard InChI is InChI=1S/C23H32N8O2/c1-4-33-23(32)30-11-9-29(10-12-30)20-5-6-28-31-16-18(13-21(20)31)22-26-14-19(15-27-22)25-8-7-24-17(2)3/h5-6,13-17,24-25H,4,7-12H2,1-3H3. The monoisotopic (exact) mass is 452 g/mol. The fourth-order valence-corrected chi connectivity index (χ4v) is 3.87. The molecule has 1 amide bonds. The lowest BCUT2D eigenvalue weighted by molar-refractivity contribution is 0.105. The van der Waals surface area contributed by atoms with E-state index in [9.17, 15) is 4.79 Å². The number of hydrogen-bond acceptors (Lipinski definition) is 8. The van der Waals surface area contributed by atoms with Crippen LogP contribution in [0.1, 0.15) is 20.8 Å². The topological polar surface area (TPSA) is 99.9 Å². The van der Waals surface area contributed by atoms with E-state index in [-0.39, 0.29) is 6.09 Å². The van der Waals surface area contributed by atoms with Gasteiger partial charge in [-0.1, -0.05) is 13.8 Å². The Morgan fingerprint density at radius 3 is 2.61 bits per heavy atom. The highest BCUT2D eigenvalue weighted by Gasteiger charge is 2.23. The molecule has 0 unspecified atom stereocenters. The number of carbonyl (C=O) groups excluding carboxylic acids is 1. The summed E-state index contributed by atoms with van der Waals surface area (Å²) in [6.45, 7) is 10.9. The zero-order valence-electron chi connectivity index (χ0n) is 19.5. The number of piperazine rings is 1. The first kappa shape index (κ1) is 22.8. The molecule has 4 rings (SSSR count). The summed E-state index contributed by atoms with van der Waals surface area (Å²) in [4.78, 5) is 25.1. The van der Waals surface area contributed by atoms with Gasteiger partial charge in [0.25, 0.3) is 0 Å². The zero-order chi connectivity index (χ0) is 23.2. The summed E-state index contributed by atoms with van der Waals surface area (Å²) < 4.78 is 6.98. The maximum atomic E-state index is 12.0. The van der Waals surface area contributed by atoms with Crippen molar-refractivity contribution in [3.8, 4) is 11.4 Å². The molecule has 0 atom stereocenters. The molecule has 0 bridgehead atoms. The van der Waals surface area contributed by atoms with Gasteiger partial charge in [0.2, 0.25) is 0 Å². The van der Waals surface area contributed by atoms with Crippen LogP contribution in [0.25, 0.3) is 16.9 Å². The number of nitrogens with zero attached hydrogens (tertiary/aromatic N) is 6. The van der Waals surface area contributed by atoms with E-state index in [1.165, 1.54) is 0 Å². The average Bonchev–Trinajstić information content (AvgIpc) is 3.27. The van der Waals surface area contributed by atoms with Gasteiger partial charge in [0.15, 0.2) is 5.82 Å². The van der Waals surface area contributed by atoms with Gasteiger partial charge in [-0.25, -0.2) is 19.3 Å². The van der Waals surface area contributed by atoms with Crippen LogP contribution in [0.2, 0.25) is 0 Å². The largest absolute Gasteiger partial charge is 0.450 e. The van der Waals surface area contributed by atoms with Crippen LogP contribution < -0.4 is 15.5 Å². The number of aromatic nitrogens is 4. The lowest BCUT2D eigenvalue weighted by Gasteiger charge is -2.35. The Hall–Kier alpha value is -3.40. The predicted octanol–water partition coefficient (Wildman–Crippen LogP) is 2.48. The van der Waals surface area contributed by atoms with Crippen LogP contribution >= 0.6 is 0 Å². The highest BCUT2D eigenvalue weighted by molar-refractivity contribution is 5.78. The Morgan fingerprint density at radius 2 is 1.91 bits per heavy atom. The predicted molar refractivity (Wildman–Crippen MR) is 129 cm³/mol. The van der Waals surface area contributed by atoms with Crippen molar-refractivity contribution in [1.82, 2.24) is 29.8 Å². The second kappa shape index (κ2) is 10.5. The van der Waals surface area contributed by atoms with Crippen molar-refractivity contribution in [3.63, 3.8) is 0 Å². The van der Waals surface area contributed by atoms with E-state index in [0.29, 0.717) is 31.6 Å². The third kappa shape index (κ3) is 5.51. The van der Waals surface area contributed by atoms with Crippen LogP contribution in [0.3, 0.4) is 0 Å². The highest BCUT2D eigenvalue weighted by atomic mass is 16.6. The van der Waals surface area contributed by atoms with Crippen LogP contribution in [-0.2, 0) is 4.74 Å². The molecule has 3 aromatic rings. The van der Waals surface area contributed by atoms with Gasteiger partial charge in [0, 0.05) is 63.3 Å². The molecule has 0 aromatic carbocycles. The molecule has 10 nitrogen and oxygen atoms in total. The highest BCUT2D eigenvalue weighted by Crippen LogP contribution is 2.27. The first-order valence-corrected chi connectivity index (χ1v) is 11.5. The smallest absolute Gasteiger partial charge is 0.409 e. The molecular weight excluding hydrogens is 420 g/mol. The Balaban J connectivity index is 1.44. The zero-order valence-corrected chi connectivity index (χ0v) is 19.5. The fourth-order valence-electron chi connectivity index (χ4n) is 3.87. The van der Waals surface area contributed by atoms with Crippen molar-refractivity contribution >= 4 is 23.0 Å². The van der Waals surface area contributed by atoms with Gasteiger partial charge in [-0.3, -0.25) is 0 Å². The molecule has 1 fully saturated rings. The first-order valence-electron chi connectivity index (χ1n) is 11.5. The molecule has 1 saturated heterocycles. The normalized spacial score (nSPS) is 14.2. The molecule has 0 aliphatic carbocycles. The van der Waals surface area contributed by atoms with Crippen LogP contribution in [-0.4, -0.2) is 82.5 Å². The van der Waals surface area contributed by atoms with Crippen molar-refractivity contribution in [2.24, 2.45) is 0 Å². The molecule has 1 aliphatic heterocycles. The van der Waals surface area contributed by atoms with Gasteiger partial charge in [-0.05, 0) is 19.1 Å². The molecule has 2 N–H and O–H groups in total. The first-order chi connectivity index (χ1) is 16.0. The SMILES string of the molecule is CCOC(=O)N1CCN(c2ccnn3cc(-c4ncc(NCCNC(C)C)cn4)cc23)CC1. The van der Waals surface area contributed by atoms with E-state index >= 15 is 0 Å². The second-order valence-corrected chi connectivity index (χ2v) is 8.28. The summed E-state index contributed by atoms with van der Waals surface area (Å²) in [5.74, 6) is 0.657. The Morgan fingerprint density at radius 1 is 1.15 bits per heavy atom. The van der Waals surface area contributed by atoms with Crippen molar-refractivity contribution in [1.29, 1.82) is 0 Å². The molecule has 0 saturated carbocycles. The fraction of sp³-hybridized carbons (Fsp3) is 0.478. The molecule has 4 heterocycles. The summed E-state index contributed by atoms with van der Waals surface area (Å²) in [5, 5.41) is 11.2. The lowest BCUT2D eigenvalue weighted by atomic mass is 10.2. The number of rotatable bonds is 8. The molecule has 33 heavy (non-hydrogen) atoms. The Kier molecular flexibility index (Phi) is 7.23. The molecule has 3 aromatic heterocycles. The number of ether oxygens (including phenoxy) is 1. The van der Waals surface area contributed by atoms with E-state index in [1.807, 2.05) is 36.1 Å². The van der Waals surface area contributed by atoms with Gasteiger partial charge < -0.3 is 25.2 Å². The van der Waals surface area contributed by atoms with Crippen molar-refractivity contribution in [2.45, 2.75) is 26.8 Å². The average molecular weight is 453 g/mol. The summed E-state index contributed by atoms with van der Waals surface area (Å²) in [7, 11) is 0. The van der Waals surface area contributed by atoms with E-state index in [1.54, 1.807) is 11.1 Å². The van der Waals surface area contributed by atoms with Gasteiger partial charge in [0.05, 0.1) is 35.9 Å². The Labute approximate surface area is 194 Å². The molecule has 176 valence electrons. The molecule has 1 aliphatic rings. The van der Waals surface area contributed by atoms with Gasteiger partial charge in [-0.15, -0.1) is 0 Å². The number of carbonyl (C=O) groups is 1. The molecule has 0 spiro atoms. The van der Waals surface area contributed by atoms with Crippen LogP contribution in [0.5, 0.6) is 0 Å². The summed E-state index contributed by atoms with van der Waals surface area (Å²) in [6, 6.07) is 4.54. The van der Waals surface area contributed by atoms with Crippen LogP contribution in [0, 0.1) is 0 Å². The number of amides is 1. The Bertz CT molecular complexity index is 1060. The minimum Gasteiger partial charge on any atom is -0.450 e. The van der Waals surface area contributed by atoms with Gasteiger partial charge >= 0.3 is 6.09 Å². The summed E-state index contributed by atoms with van der Waals surface area (Å²) in [5.41, 5.74) is 3.87. The van der Waals surface area contributed by atoms with Gasteiger partial charge in [-0.2, -0.15) is 5.10 Å². The minimum atomic E-state index is -0.242. The van der Waals surface area contributed by atoms with Gasteiger partial charge in [0.1, 0.15) is 0 Å². The maximum absolute atomic E-state index is 12.0. The van der Waals surface area contributed by atoms with E-state index < -0.39 is 0 Å². The third-order valence-corrected chi connectivity index (χ3v) is 5.55. The maximum Gasteiger partial charge on any atom is 0.409 e. The molecule has 0 radical (unpaired) electrons. The van der Waals surface area contributed by atoms with Crippen LogP contribution in [0.15, 0.2) is 36.9 Å². The molecule has 10 heteroatoms. The number of anilines is 2. The van der Waals surface area contributed by atoms with Crippen LogP contribution in [0.4, 0.5) is 16.2 Å². The number of nitrogens with one attached hydrogen (secondary N) is 2. The quantitative estimate of drug-likeness (QED) is 0.503. The minimum absolute atomic E-state index is 0.242. The summed E-state index contributed by atoms with van der Waals surface area (Å²) in [6.07, 6.45) is 7.12. The molecular formula is C23H32N8O2. The van der Waals surface area contributed by atoms with Crippen molar-refractivity contribution < 1.29 is 9.53 Å². The third-order valence-electron chi connectivity index (χ3n) is 5.55. The number of hydrogen-bond donors (Lipinski definition) is 2. The lowest BCUT2D eigenvalue weighted by Crippen LogP contribution is -2.49. The van der Waals surface area contributed by atoms with Crippen molar-refractivity contribution in [2.75, 3.05) is 56.1 Å².